The Morgan fingerprint density at radius 1 is 0.277 bits per heavy atom. The van der Waals surface area contributed by atoms with E-state index in [1.807, 2.05) is 0 Å². The van der Waals surface area contributed by atoms with E-state index in [2.05, 4.69) is 45.3 Å². The van der Waals surface area contributed by atoms with Gasteiger partial charge in [0.05, 0.1) is 55.4 Å². The molecule has 24 nitrogen and oxygen atoms in total. The molecule has 16 saturated carbocycles. The van der Waals surface area contributed by atoms with Crippen LogP contribution in [0, 0.1) is 64.6 Å². The fourth-order valence-corrected chi connectivity index (χ4v) is 23.4. The number of hydrogen-bond acceptors (Lipinski definition) is 24. The highest BCUT2D eigenvalue weighted by Gasteiger charge is 2.81. The molecule has 8 atom stereocenters. The second-order valence-corrected chi connectivity index (χ2v) is 39.3. The van der Waals surface area contributed by atoms with Crippen molar-refractivity contribution in [2.45, 2.75) is 294 Å². The number of halogens is 30. The Balaban J connectivity index is 0.000000210. The van der Waals surface area contributed by atoms with E-state index in [0.29, 0.717) is 96.3 Å². The van der Waals surface area contributed by atoms with Crippen molar-refractivity contribution in [3.63, 3.8) is 0 Å². The minimum atomic E-state index is -6.89. The average Bonchev–Trinajstić information content (AvgIpc) is 0.719. The lowest BCUT2D eigenvalue weighted by Gasteiger charge is -2.61. The molecule has 0 spiro atoms. The molecule has 0 aromatic carbocycles. The third-order valence-corrected chi connectivity index (χ3v) is 27.0. The van der Waals surface area contributed by atoms with E-state index in [1.54, 1.807) is 0 Å². The topological polar surface area (TPSA) is 300 Å². The first-order valence-electron chi connectivity index (χ1n) is 43.8. The molecule has 0 aromatic rings. The van der Waals surface area contributed by atoms with E-state index in [4.69, 9.17) is 47.4 Å². The van der Waals surface area contributed by atoms with E-state index < -0.39 is 249 Å². The summed E-state index contributed by atoms with van der Waals surface area (Å²) in [5.41, 5.74) is -5.68. The Labute approximate surface area is 782 Å². The molecular weight excluding hydrogens is 2000 g/mol. The number of esters is 10. The molecule has 16 fully saturated rings. The van der Waals surface area contributed by atoms with Crippen LogP contribution < -0.4 is 0 Å². The van der Waals surface area contributed by atoms with Crippen molar-refractivity contribution in [2.75, 3.05) is 72.7 Å². The molecule has 0 N–H and O–H groups in total. The zero-order chi connectivity index (χ0) is 107. The summed E-state index contributed by atoms with van der Waals surface area (Å²) in [6.07, 6.45) is -24.7. The molecule has 16 aliphatic rings. The predicted molar refractivity (Wildman–Crippen MR) is 411 cm³/mol. The van der Waals surface area contributed by atoms with Gasteiger partial charge in [-0.15, -0.1) is 0 Å². The normalized spacial score (nSPS) is 30.1. The maximum atomic E-state index is 13.6. The van der Waals surface area contributed by atoms with Crippen LogP contribution in [0.15, 0.2) is 48.6 Å². The van der Waals surface area contributed by atoms with Gasteiger partial charge >= 0.3 is 132 Å². The molecule has 0 radical (unpaired) electrons. The van der Waals surface area contributed by atoms with Gasteiger partial charge in [0.15, 0.2) is 13.2 Å². The highest BCUT2D eigenvalue weighted by atomic mass is 19.5. The molecule has 0 aliphatic heterocycles. The van der Waals surface area contributed by atoms with Crippen LogP contribution in [-0.4, -0.2) is 244 Å². The fraction of sp³-hybridized carbons (Fsp3) is 0.793. The number of ether oxygens (including phenoxy) is 14. The third kappa shape index (κ3) is 26.5. The van der Waals surface area contributed by atoms with Gasteiger partial charge in [0.1, 0.15) is 43.2 Å². The van der Waals surface area contributed by atoms with Crippen molar-refractivity contribution >= 4 is 59.7 Å². The van der Waals surface area contributed by atoms with Crippen LogP contribution >= 0.6 is 0 Å². The zero-order valence-electron chi connectivity index (χ0n) is 75.5. The molecule has 802 valence electrons. The van der Waals surface area contributed by atoms with Gasteiger partial charge in [0.2, 0.25) is 11.8 Å². The van der Waals surface area contributed by atoms with Crippen LogP contribution in [0.5, 0.6) is 0 Å². The van der Waals surface area contributed by atoms with E-state index in [9.17, 15) is 180 Å². The maximum absolute atomic E-state index is 13.6. The second kappa shape index (κ2) is 41.4. The standard InChI is InChI=1S/C22H24F10O5.C22H25F7O7.C22H26F6O7.C21H25F7O5/c1-11(2)15(33)37-18-8-12-5-13(9-18)7-17(6-12,10-18)36-4-3-35-16(34)14(19(23,24)21(27,28)29)20(25,26)22(30,31)32;1-12(2)16(31)34-10-15(30)36-19-8-13-5-14(9-19)7-18(6-13,11-19)35-4-3-33-17(32)20(23,24)21(25,26)22(27,28)29;1-12(2)17(30)33-10-15(29)35-20-8-13-5-14(9-20)7-19(6-13,11-20)34-4-3-32-18(31)16(21(23,24)25)22(26,27)28;1-12(2)15(29)32-11-17-6-13-5-14(7-17)9-18(8-13,10-17)33-4-3-31-16(30)19(22,23)20(24,25)21(26,27)28/h12-14H,1,3-10H2,2H3;13-14H,1,3-11H2,2H3;13-14,16H,1,3-11H2,2H3;13-14H,1,3-11H2,2H3. The third-order valence-electron chi connectivity index (χ3n) is 27.0. The Bertz CT molecular complexity index is 4550. The Hall–Kier alpha value is -8.60. The first-order chi connectivity index (χ1) is 64.1. The van der Waals surface area contributed by atoms with E-state index in [0.717, 1.165) is 38.5 Å². The smallest absolute Gasteiger partial charge is 0.460 e. The highest BCUT2D eigenvalue weighted by molar-refractivity contribution is 5.90. The van der Waals surface area contributed by atoms with Crippen LogP contribution in [0.4, 0.5) is 132 Å². The molecule has 0 amide bonds. The van der Waals surface area contributed by atoms with Crippen LogP contribution in [0.3, 0.4) is 0 Å². The molecule has 141 heavy (non-hydrogen) atoms. The molecule has 8 unspecified atom stereocenters. The van der Waals surface area contributed by atoms with E-state index in [1.165, 1.54) is 27.7 Å². The second-order valence-electron chi connectivity index (χ2n) is 39.3. The van der Waals surface area contributed by atoms with Crippen LogP contribution in [0.25, 0.3) is 0 Å². The van der Waals surface area contributed by atoms with Gasteiger partial charge in [0.25, 0.3) is 0 Å². The van der Waals surface area contributed by atoms with Crippen molar-refractivity contribution < 1.29 is 246 Å². The van der Waals surface area contributed by atoms with Gasteiger partial charge in [-0.05, 0) is 210 Å². The van der Waals surface area contributed by atoms with Gasteiger partial charge in [0, 0.05) is 47.0 Å². The molecule has 16 aliphatic carbocycles. The summed E-state index contributed by atoms with van der Waals surface area (Å²) in [4.78, 5) is 117. The van der Waals surface area contributed by atoms with Gasteiger partial charge in [-0.2, -0.15) is 132 Å². The van der Waals surface area contributed by atoms with E-state index in [-0.39, 0.29) is 101 Å². The molecule has 0 aromatic heterocycles. The Morgan fingerprint density at radius 3 is 0.780 bits per heavy atom. The number of rotatable bonds is 37. The quantitative estimate of drug-likeness (QED) is 0.0183. The first-order valence-corrected chi connectivity index (χ1v) is 43.8. The summed E-state index contributed by atoms with van der Waals surface area (Å²) in [5.74, 6) is -62.7. The van der Waals surface area contributed by atoms with Crippen LogP contribution in [0.1, 0.15) is 182 Å². The van der Waals surface area contributed by atoms with Gasteiger partial charge < -0.3 is 66.3 Å². The molecule has 0 saturated heterocycles. The number of alkyl halides is 30. The number of carbonyl (C=O) groups excluding carboxylic acids is 10. The summed E-state index contributed by atoms with van der Waals surface area (Å²) in [5, 5.41) is 0. The molecule has 54 heteroatoms. The molecule has 16 rings (SSSR count). The van der Waals surface area contributed by atoms with Crippen LogP contribution in [-0.2, 0) is 114 Å². The lowest BCUT2D eigenvalue weighted by molar-refractivity contribution is -0.367. The first kappa shape index (κ1) is 116. The summed E-state index contributed by atoms with van der Waals surface area (Å²) in [6, 6.07) is 0. The number of carbonyl (C=O) groups is 10. The lowest BCUT2D eigenvalue weighted by atomic mass is 9.48. The molecule has 16 bridgehead atoms. The number of hydrogen-bond donors (Lipinski definition) is 0. The Kier molecular flexibility index (Phi) is 34.0. The average molecular weight is 2100 g/mol. The monoisotopic (exact) mass is 2100 g/mol. The molecular formula is C87H100F30O24. The van der Waals surface area contributed by atoms with Crippen LogP contribution in [0.2, 0.25) is 0 Å². The minimum absolute atomic E-state index is 0.0713. The van der Waals surface area contributed by atoms with Crippen molar-refractivity contribution in [3.8, 4) is 0 Å². The summed E-state index contributed by atoms with van der Waals surface area (Å²) >= 11 is 0. The van der Waals surface area contributed by atoms with Crippen molar-refractivity contribution in [1.82, 2.24) is 0 Å². The van der Waals surface area contributed by atoms with Gasteiger partial charge in [-0.1, -0.05) is 26.3 Å². The largest absolute Gasteiger partial charge is 0.463 e. The predicted octanol–water partition coefficient (Wildman–Crippen LogP) is 18.8. The highest BCUT2D eigenvalue weighted by Crippen LogP contribution is 2.67. The van der Waals surface area contributed by atoms with E-state index >= 15 is 0 Å². The fourth-order valence-electron chi connectivity index (χ4n) is 23.4. The van der Waals surface area contributed by atoms with Gasteiger partial charge in [-0.25, -0.2) is 38.4 Å². The van der Waals surface area contributed by atoms with Crippen molar-refractivity contribution in [2.24, 2.45) is 64.6 Å². The SMILES string of the molecule is C=C(C)C(=O)OC12CC3CC(CC(OCCOC(=O)C(C(F)(F)C(F)(F)F)C(F)(F)C(F)(F)F)(C3)C1)C2.C=C(C)C(=O)OCC(=O)OC12CC3CC(CC(OCCOC(=O)C(C(F)(F)F)C(F)(F)F)(C3)C1)C2.C=C(C)C(=O)OCC(=O)OC12CC3CC(CC(OCCOC(=O)C(F)(F)C(F)(F)C(F)(F)F)(C3)C1)C2.C=C(C)C(=O)OCC12CC3CC(C1)CC(OCCOC(=O)C(F)(F)C(F)(F)C(F)(F)F)(C3)C2. The van der Waals surface area contributed by atoms with Crippen molar-refractivity contribution in [3.05, 3.63) is 48.6 Å². The Morgan fingerprint density at radius 2 is 0.518 bits per heavy atom. The van der Waals surface area contributed by atoms with Crippen molar-refractivity contribution in [1.29, 1.82) is 0 Å². The summed E-state index contributed by atoms with van der Waals surface area (Å²) < 4.78 is 456. The lowest BCUT2D eigenvalue weighted by Crippen LogP contribution is -2.61. The minimum Gasteiger partial charge on any atom is -0.463 e. The summed E-state index contributed by atoms with van der Waals surface area (Å²) in [6.45, 7) is 12.8. The summed E-state index contributed by atoms with van der Waals surface area (Å²) in [7, 11) is 0. The zero-order valence-corrected chi connectivity index (χ0v) is 75.5. The van der Waals surface area contributed by atoms with Gasteiger partial charge in [-0.3, -0.25) is 9.59 Å². The molecule has 0 heterocycles. The maximum Gasteiger partial charge on any atom is 0.460 e.